The molecule has 2 saturated carbocycles. The van der Waals surface area contributed by atoms with Crippen LogP contribution in [0.2, 0.25) is 0 Å². The van der Waals surface area contributed by atoms with E-state index < -0.39 is 15.3 Å². The lowest BCUT2D eigenvalue weighted by Crippen LogP contribution is -2.45. The molecule has 2 fully saturated rings. The van der Waals surface area contributed by atoms with Crippen molar-refractivity contribution in [2.45, 2.75) is 54.3 Å². The molecule has 27 heavy (non-hydrogen) atoms. The summed E-state index contributed by atoms with van der Waals surface area (Å²) in [6, 6.07) is 6.96. The Labute approximate surface area is 165 Å². The highest BCUT2D eigenvalue weighted by Gasteiger charge is 2.63. The standard InChI is InChI=1S/C20H26N2O3S2/c1-27(24,25)16-9-7-15(8-10-16)20(18(23)22-19-21-11-12-26-19)13-17(20)14-5-3-2-4-6-14/h7-12,14,17,19,21H,2-6,13H2,1H3,(H,22,23)/t17-,19?,20-/m0/s1. The molecule has 0 spiro atoms. The molecule has 7 heteroatoms. The molecule has 0 radical (unpaired) electrons. The third-order valence-electron chi connectivity index (χ3n) is 6.23. The van der Waals surface area contributed by atoms with Gasteiger partial charge in [-0.2, -0.15) is 0 Å². The highest BCUT2D eigenvalue weighted by Crippen LogP contribution is 2.60. The summed E-state index contributed by atoms with van der Waals surface area (Å²) in [6.07, 6.45) is 10.1. The number of carbonyl (C=O) groups excluding carboxylic acids is 1. The van der Waals surface area contributed by atoms with Crippen molar-refractivity contribution in [1.82, 2.24) is 10.6 Å². The summed E-state index contributed by atoms with van der Waals surface area (Å²) in [5.74, 6) is 0.988. The number of hydrogen-bond acceptors (Lipinski definition) is 5. The Bertz CT molecular complexity index is 836. The molecule has 2 N–H and O–H groups in total. The number of sulfone groups is 1. The molecule has 3 atom stereocenters. The van der Waals surface area contributed by atoms with Crippen LogP contribution in [0.15, 0.2) is 40.8 Å². The van der Waals surface area contributed by atoms with Gasteiger partial charge < -0.3 is 10.6 Å². The first kappa shape index (κ1) is 18.9. The van der Waals surface area contributed by atoms with Crippen molar-refractivity contribution < 1.29 is 13.2 Å². The van der Waals surface area contributed by atoms with E-state index in [1.807, 2.05) is 23.7 Å². The summed E-state index contributed by atoms with van der Waals surface area (Å²) in [7, 11) is -3.24. The second-order valence-electron chi connectivity index (χ2n) is 7.94. The summed E-state index contributed by atoms with van der Waals surface area (Å²) in [6.45, 7) is 0. The molecular formula is C20H26N2O3S2. The fraction of sp³-hybridized carbons (Fsp3) is 0.550. The van der Waals surface area contributed by atoms with E-state index in [0.717, 1.165) is 12.0 Å². The Morgan fingerprint density at radius 3 is 2.48 bits per heavy atom. The van der Waals surface area contributed by atoms with Crippen LogP contribution in [0.1, 0.15) is 44.1 Å². The predicted octanol–water partition coefficient (Wildman–Crippen LogP) is 3.14. The average molecular weight is 407 g/mol. The lowest BCUT2D eigenvalue weighted by atomic mass is 9.80. The van der Waals surface area contributed by atoms with Crippen LogP contribution < -0.4 is 10.6 Å². The molecule has 3 aliphatic rings. The minimum absolute atomic E-state index is 0.0545. The summed E-state index contributed by atoms with van der Waals surface area (Å²) < 4.78 is 23.6. The zero-order valence-corrected chi connectivity index (χ0v) is 17.1. The van der Waals surface area contributed by atoms with Crippen LogP contribution in [-0.4, -0.2) is 26.1 Å². The summed E-state index contributed by atoms with van der Waals surface area (Å²) in [5.41, 5.74) is 0.291. The van der Waals surface area contributed by atoms with Gasteiger partial charge in [0.15, 0.2) is 15.3 Å². The van der Waals surface area contributed by atoms with E-state index >= 15 is 0 Å². The molecule has 0 saturated heterocycles. The van der Waals surface area contributed by atoms with E-state index in [0.29, 0.717) is 16.7 Å². The maximum atomic E-state index is 13.3. The Balaban J connectivity index is 1.61. The van der Waals surface area contributed by atoms with Crippen molar-refractivity contribution >= 4 is 27.5 Å². The zero-order valence-electron chi connectivity index (χ0n) is 15.5. The molecule has 1 aromatic rings. The van der Waals surface area contributed by atoms with Crippen molar-refractivity contribution in [3.8, 4) is 0 Å². The van der Waals surface area contributed by atoms with Crippen LogP contribution in [0.4, 0.5) is 0 Å². The van der Waals surface area contributed by atoms with Gasteiger partial charge in [-0.05, 0) is 41.4 Å². The van der Waals surface area contributed by atoms with Gasteiger partial charge in [0, 0.05) is 12.5 Å². The number of thioether (sulfide) groups is 1. The van der Waals surface area contributed by atoms with E-state index in [1.165, 1.54) is 38.4 Å². The van der Waals surface area contributed by atoms with Crippen LogP contribution in [0, 0.1) is 11.8 Å². The van der Waals surface area contributed by atoms with Crippen LogP contribution in [0.25, 0.3) is 0 Å². The van der Waals surface area contributed by atoms with E-state index in [-0.39, 0.29) is 11.4 Å². The zero-order chi connectivity index (χ0) is 19.1. The van der Waals surface area contributed by atoms with Gasteiger partial charge in [-0.1, -0.05) is 56.0 Å². The number of hydrogen-bond donors (Lipinski definition) is 2. The Morgan fingerprint density at radius 1 is 1.19 bits per heavy atom. The first-order chi connectivity index (χ1) is 12.9. The minimum Gasteiger partial charge on any atom is -0.362 e. The van der Waals surface area contributed by atoms with Gasteiger partial charge in [-0.3, -0.25) is 4.79 Å². The third-order valence-corrected chi connectivity index (χ3v) is 8.18. The highest BCUT2D eigenvalue weighted by molar-refractivity contribution is 8.02. The first-order valence-electron chi connectivity index (χ1n) is 9.59. The number of amides is 1. The fourth-order valence-corrected chi connectivity index (χ4v) is 6.00. The molecule has 0 bridgehead atoms. The van der Waals surface area contributed by atoms with Gasteiger partial charge in [-0.15, -0.1) is 0 Å². The third kappa shape index (κ3) is 3.63. The Kier molecular flexibility index (Phi) is 5.01. The molecule has 1 unspecified atom stereocenters. The minimum atomic E-state index is -3.24. The van der Waals surface area contributed by atoms with Crippen molar-refractivity contribution in [3.05, 3.63) is 41.4 Å². The molecule has 4 rings (SSSR count). The molecule has 5 nitrogen and oxygen atoms in total. The second kappa shape index (κ2) is 7.17. The number of carbonyl (C=O) groups is 1. The first-order valence-corrected chi connectivity index (χ1v) is 12.4. The summed E-state index contributed by atoms with van der Waals surface area (Å²) in [5, 5.41) is 8.19. The molecule has 146 valence electrons. The fourth-order valence-electron chi connectivity index (χ4n) is 4.72. The molecule has 0 aromatic heterocycles. The van der Waals surface area contributed by atoms with E-state index in [2.05, 4.69) is 10.6 Å². The molecular weight excluding hydrogens is 380 g/mol. The Hall–Kier alpha value is -1.47. The Morgan fingerprint density at radius 2 is 1.89 bits per heavy atom. The SMILES string of the molecule is CS(=O)(=O)c1ccc([C@@]2(C(=O)NC3NC=CS3)C[C@H]2C2CCCCC2)cc1. The lowest BCUT2D eigenvalue weighted by Gasteiger charge is -2.27. The molecule has 2 aliphatic carbocycles. The normalized spacial score (nSPS) is 30.7. The highest BCUT2D eigenvalue weighted by atomic mass is 32.2. The van der Waals surface area contributed by atoms with E-state index in [4.69, 9.17) is 0 Å². The van der Waals surface area contributed by atoms with Crippen LogP contribution in [-0.2, 0) is 20.0 Å². The average Bonchev–Trinajstić information content (AvgIpc) is 3.23. The van der Waals surface area contributed by atoms with Crippen LogP contribution >= 0.6 is 11.8 Å². The maximum absolute atomic E-state index is 13.3. The van der Waals surface area contributed by atoms with Gasteiger partial charge >= 0.3 is 0 Å². The van der Waals surface area contributed by atoms with Gasteiger partial charge in [-0.25, -0.2) is 8.42 Å². The molecule has 1 amide bonds. The quantitative estimate of drug-likeness (QED) is 0.786. The lowest BCUT2D eigenvalue weighted by molar-refractivity contribution is -0.124. The predicted molar refractivity (Wildman–Crippen MR) is 108 cm³/mol. The van der Waals surface area contributed by atoms with Crippen molar-refractivity contribution in [3.63, 3.8) is 0 Å². The van der Waals surface area contributed by atoms with Crippen molar-refractivity contribution in [2.24, 2.45) is 11.8 Å². The number of benzene rings is 1. The number of nitrogens with one attached hydrogen (secondary N) is 2. The van der Waals surface area contributed by atoms with E-state index in [1.54, 1.807) is 23.9 Å². The topological polar surface area (TPSA) is 75.3 Å². The van der Waals surface area contributed by atoms with Crippen molar-refractivity contribution in [1.29, 1.82) is 0 Å². The molecule has 1 heterocycles. The van der Waals surface area contributed by atoms with Gasteiger partial charge in [0.25, 0.3) is 0 Å². The van der Waals surface area contributed by atoms with Crippen molar-refractivity contribution in [2.75, 3.05) is 6.26 Å². The van der Waals surface area contributed by atoms with Crippen LogP contribution in [0.3, 0.4) is 0 Å². The number of rotatable bonds is 5. The molecule has 1 aliphatic heterocycles. The van der Waals surface area contributed by atoms with Gasteiger partial charge in [0.1, 0.15) is 0 Å². The van der Waals surface area contributed by atoms with Gasteiger partial charge in [0.2, 0.25) is 5.91 Å². The maximum Gasteiger partial charge on any atom is 0.233 e. The van der Waals surface area contributed by atoms with Crippen LogP contribution in [0.5, 0.6) is 0 Å². The smallest absolute Gasteiger partial charge is 0.233 e. The largest absolute Gasteiger partial charge is 0.362 e. The summed E-state index contributed by atoms with van der Waals surface area (Å²) in [4.78, 5) is 13.6. The van der Waals surface area contributed by atoms with E-state index in [9.17, 15) is 13.2 Å². The summed E-state index contributed by atoms with van der Waals surface area (Å²) >= 11 is 1.55. The second-order valence-corrected chi connectivity index (χ2v) is 11.0. The van der Waals surface area contributed by atoms with Gasteiger partial charge in [0.05, 0.1) is 10.3 Å². The monoisotopic (exact) mass is 406 g/mol. The molecule has 1 aromatic carbocycles.